The van der Waals surface area contributed by atoms with Crippen molar-refractivity contribution < 1.29 is 0 Å². The molecule has 0 amide bonds. The van der Waals surface area contributed by atoms with Gasteiger partial charge in [0.05, 0.1) is 12.2 Å². The van der Waals surface area contributed by atoms with E-state index in [0.717, 1.165) is 19.5 Å². The van der Waals surface area contributed by atoms with Crippen LogP contribution < -0.4 is 5.32 Å². The maximum absolute atomic E-state index is 4.41. The van der Waals surface area contributed by atoms with Crippen molar-refractivity contribution in [1.82, 2.24) is 15.1 Å². The molecule has 2 aromatic heterocycles. The fourth-order valence-electron chi connectivity index (χ4n) is 1.96. The molecule has 1 unspecified atom stereocenters. The summed E-state index contributed by atoms with van der Waals surface area (Å²) in [4.78, 5) is 1.31. The summed E-state index contributed by atoms with van der Waals surface area (Å²) < 4.78 is 3.18. The van der Waals surface area contributed by atoms with Crippen LogP contribution in [0.5, 0.6) is 0 Å². The first-order valence-corrected chi connectivity index (χ1v) is 7.92. The summed E-state index contributed by atoms with van der Waals surface area (Å²) in [5.41, 5.74) is 1.23. The van der Waals surface area contributed by atoms with Crippen molar-refractivity contribution in [3.05, 3.63) is 38.8 Å². The van der Waals surface area contributed by atoms with Crippen LogP contribution in [-0.4, -0.2) is 16.3 Å². The molecule has 0 saturated carbocycles. The van der Waals surface area contributed by atoms with E-state index in [1.807, 2.05) is 10.9 Å². The molecule has 0 aliphatic heterocycles. The van der Waals surface area contributed by atoms with Crippen LogP contribution in [-0.2, 0) is 6.54 Å². The predicted molar refractivity (Wildman–Crippen MR) is 80.1 cm³/mol. The quantitative estimate of drug-likeness (QED) is 0.874. The Bertz CT molecular complexity index is 492. The van der Waals surface area contributed by atoms with Gasteiger partial charge in [-0.25, -0.2) is 0 Å². The molecule has 0 aliphatic carbocycles. The molecule has 18 heavy (non-hydrogen) atoms. The standard InChI is InChI=1S/C13H18BrN3S/c1-3-6-17-9-10(8-16-17)12(15-4-2)13-11(14)5-7-18-13/h5,7-9,12,15H,3-4,6H2,1-2H3. The van der Waals surface area contributed by atoms with Crippen LogP contribution in [0.2, 0.25) is 0 Å². The van der Waals surface area contributed by atoms with Gasteiger partial charge < -0.3 is 5.32 Å². The Morgan fingerprint density at radius 3 is 2.94 bits per heavy atom. The number of hydrogen-bond acceptors (Lipinski definition) is 3. The first-order valence-electron chi connectivity index (χ1n) is 6.24. The summed E-state index contributed by atoms with van der Waals surface area (Å²) in [5.74, 6) is 0. The Kier molecular flexibility index (Phi) is 4.97. The average molecular weight is 328 g/mol. The van der Waals surface area contributed by atoms with E-state index in [0.29, 0.717) is 0 Å². The topological polar surface area (TPSA) is 29.9 Å². The lowest BCUT2D eigenvalue weighted by molar-refractivity contribution is 0.598. The average Bonchev–Trinajstić information content (AvgIpc) is 2.96. The molecule has 0 fully saturated rings. The van der Waals surface area contributed by atoms with E-state index < -0.39 is 0 Å². The van der Waals surface area contributed by atoms with Gasteiger partial charge in [-0.05, 0) is 40.3 Å². The fourth-order valence-corrected chi connectivity index (χ4v) is 3.66. The van der Waals surface area contributed by atoms with Crippen molar-refractivity contribution in [3.8, 4) is 0 Å². The highest BCUT2D eigenvalue weighted by molar-refractivity contribution is 9.10. The molecule has 0 aromatic carbocycles. The highest BCUT2D eigenvalue weighted by Gasteiger charge is 2.18. The third-order valence-electron chi connectivity index (χ3n) is 2.75. The van der Waals surface area contributed by atoms with Crippen molar-refractivity contribution in [1.29, 1.82) is 0 Å². The van der Waals surface area contributed by atoms with Gasteiger partial charge in [0.2, 0.25) is 0 Å². The number of hydrogen-bond donors (Lipinski definition) is 1. The highest BCUT2D eigenvalue weighted by Crippen LogP contribution is 2.32. The molecular weight excluding hydrogens is 310 g/mol. The van der Waals surface area contributed by atoms with Gasteiger partial charge in [-0.15, -0.1) is 11.3 Å². The molecule has 98 valence electrons. The molecule has 2 heterocycles. The molecule has 0 aliphatic rings. The third-order valence-corrected chi connectivity index (χ3v) is 4.69. The minimum Gasteiger partial charge on any atom is -0.306 e. The predicted octanol–water partition coefficient (Wildman–Crippen LogP) is 3.82. The molecule has 1 N–H and O–H groups in total. The zero-order valence-corrected chi connectivity index (χ0v) is 13.1. The number of nitrogens with zero attached hydrogens (tertiary/aromatic N) is 2. The van der Waals surface area contributed by atoms with Gasteiger partial charge in [0, 0.05) is 27.7 Å². The number of aryl methyl sites for hydroxylation is 1. The molecule has 0 spiro atoms. The second-order valence-corrected chi connectivity index (χ2v) is 5.96. The molecule has 3 nitrogen and oxygen atoms in total. The maximum Gasteiger partial charge on any atom is 0.0713 e. The number of thiophene rings is 1. The van der Waals surface area contributed by atoms with Crippen LogP contribution in [0, 0.1) is 0 Å². The Balaban J connectivity index is 2.26. The van der Waals surface area contributed by atoms with Gasteiger partial charge >= 0.3 is 0 Å². The molecule has 0 radical (unpaired) electrons. The minimum atomic E-state index is 0.231. The summed E-state index contributed by atoms with van der Waals surface area (Å²) in [6.07, 6.45) is 5.22. The van der Waals surface area contributed by atoms with E-state index in [-0.39, 0.29) is 6.04 Å². The van der Waals surface area contributed by atoms with E-state index in [4.69, 9.17) is 0 Å². The summed E-state index contributed by atoms with van der Waals surface area (Å²) in [6, 6.07) is 2.33. The minimum absolute atomic E-state index is 0.231. The van der Waals surface area contributed by atoms with Crippen molar-refractivity contribution in [2.24, 2.45) is 0 Å². The first kappa shape index (κ1) is 13.8. The lowest BCUT2D eigenvalue weighted by atomic mass is 10.1. The lowest BCUT2D eigenvalue weighted by Crippen LogP contribution is -2.21. The number of halogens is 1. The van der Waals surface area contributed by atoms with E-state index in [1.54, 1.807) is 11.3 Å². The van der Waals surface area contributed by atoms with Crippen LogP contribution in [0.1, 0.15) is 36.8 Å². The van der Waals surface area contributed by atoms with E-state index >= 15 is 0 Å². The van der Waals surface area contributed by atoms with Crippen LogP contribution in [0.15, 0.2) is 28.3 Å². The van der Waals surface area contributed by atoms with Gasteiger partial charge in [0.1, 0.15) is 0 Å². The summed E-state index contributed by atoms with van der Waals surface area (Å²) in [5, 5.41) is 10.1. The van der Waals surface area contributed by atoms with Crippen LogP contribution >= 0.6 is 27.3 Å². The van der Waals surface area contributed by atoms with E-state index in [9.17, 15) is 0 Å². The summed E-state index contributed by atoms with van der Waals surface area (Å²) in [6.45, 7) is 6.21. The van der Waals surface area contributed by atoms with Crippen LogP contribution in [0.3, 0.4) is 0 Å². The second-order valence-electron chi connectivity index (χ2n) is 4.16. The largest absolute Gasteiger partial charge is 0.306 e. The van der Waals surface area contributed by atoms with Gasteiger partial charge in [0.25, 0.3) is 0 Å². The monoisotopic (exact) mass is 327 g/mol. The Labute approximate surface area is 120 Å². The van der Waals surface area contributed by atoms with Crippen LogP contribution in [0.4, 0.5) is 0 Å². The molecule has 0 saturated heterocycles. The Hall–Kier alpha value is -0.650. The molecular formula is C13H18BrN3S. The number of rotatable bonds is 6. The normalized spacial score (nSPS) is 12.8. The van der Waals surface area contributed by atoms with Crippen LogP contribution in [0.25, 0.3) is 0 Å². The molecule has 2 rings (SSSR count). The lowest BCUT2D eigenvalue weighted by Gasteiger charge is -2.15. The second kappa shape index (κ2) is 6.50. The third kappa shape index (κ3) is 3.02. The van der Waals surface area contributed by atoms with Crippen molar-refractivity contribution in [3.63, 3.8) is 0 Å². The fraction of sp³-hybridized carbons (Fsp3) is 0.462. The van der Waals surface area contributed by atoms with Crippen molar-refractivity contribution in [2.45, 2.75) is 32.9 Å². The number of aromatic nitrogens is 2. The number of nitrogens with one attached hydrogen (secondary N) is 1. The smallest absolute Gasteiger partial charge is 0.0713 e. The van der Waals surface area contributed by atoms with Gasteiger partial charge in [-0.1, -0.05) is 13.8 Å². The maximum atomic E-state index is 4.41. The Morgan fingerprint density at radius 2 is 2.33 bits per heavy atom. The van der Waals surface area contributed by atoms with Gasteiger partial charge in [0.15, 0.2) is 0 Å². The van der Waals surface area contributed by atoms with E-state index in [1.165, 1.54) is 14.9 Å². The van der Waals surface area contributed by atoms with Gasteiger partial charge in [-0.2, -0.15) is 5.10 Å². The summed E-state index contributed by atoms with van der Waals surface area (Å²) in [7, 11) is 0. The van der Waals surface area contributed by atoms with Gasteiger partial charge in [-0.3, -0.25) is 4.68 Å². The zero-order chi connectivity index (χ0) is 13.0. The Morgan fingerprint density at radius 1 is 1.50 bits per heavy atom. The zero-order valence-electron chi connectivity index (χ0n) is 10.7. The van der Waals surface area contributed by atoms with E-state index in [2.05, 4.69) is 57.8 Å². The first-order chi connectivity index (χ1) is 8.76. The SMILES string of the molecule is CCCn1cc(C(NCC)c2sccc2Br)cn1. The molecule has 0 bridgehead atoms. The molecule has 1 atom stereocenters. The summed E-state index contributed by atoms with van der Waals surface area (Å²) >= 11 is 5.38. The molecule has 5 heteroatoms. The highest BCUT2D eigenvalue weighted by atomic mass is 79.9. The van der Waals surface area contributed by atoms with Crippen molar-refractivity contribution in [2.75, 3.05) is 6.54 Å². The molecule has 2 aromatic rings. The van der Waals surface area contributed by atoms with Crippen molar-refractivity contribution >= 4 is 27.3 Å².